The van der Waals surface area contributed by atoms with E-state index in [9.17, 15) is 4.79 Å². The molecule has 0 saturated heterocycles. The molecule has 2 nitrogen and oxygen atoms in total. The summed E-state index contributed by atoms with van der Waals surface area (Å²) >= 11 is 0. The minimum atomic E-state index is -0.126. The maximum atomic E-state index is 11.0. The molecule has 0 bridgehead atoms. The SMILES string of the molecule is CC/C=C(\C)COC(=O)C(C)C. The molecule has 70 valence electrons. The fourth-order valence-electron chi connectivity index (χ4n) is 0.759. The topological polar surface area (TPSA) is 26.3 Å². The molecule has 0 radical (unpaired) electrons. The average Bonchev–Trinajstić information content (AvgIpc) is 2.00. The third-order valence-electron chi connectivity index (χ3n) is 1.47. The van der Waals surface area contributed by atoms with Crippen LogP contribution >= 0.6 is 0 Å². The fraction of sp³-hybridized carbons (Fsp3) is 0.700. The molecule has 0 spiro atoms. The average molecular weight is 170 g/mol. The summed E-state index contributed by atoms with van der Waals surface area (Å²) < 4.78 is 5.01. The van der Waals surface area contributed by atoms with Gasteiger partial charge in [0.05, 0.1) is 5.92 Å². The molecule has 2 heteroatoms. The lowest BCUT2D eigenvalue weighted by Crippen LogP contribution is -2.12. The quantitative estimate of drug-likeness (QED) is 0.478. The number of hydrogen-bond donors (Lipinski definition) is 0. The maximum absolute atomic E-state index is 11.0. The van der Waals surface area contributed by atoms with Gasteiger partial charge < -0.3 is 4.74 Å². The molecule has 0 unspecified atom stereocenters. The number of ether oxygens (including phenoxy) is 1. The maximum Gasteiger partial charge on any atom is 0.308 e. The first-order valence-electron chi connectivity index (χ1n) is 4.40. The highest BCUT2D eigenvalue weighted by Gasteiger charge is 2.07. The smallest absolute Gasteiger partial charge is 0.308 e. The van der Waals surface area contributed by atoms with Gasteiger partial charge in [0.15, 0.2) is 0 Å². The number of allylic oxidation sites excluding steroid dienone is 1. The lowest BCUT2D eigenvalue weighted by Gasteiger charge is -2.06. The molecule has 0 aliphatic rings. The molecule has 0 aliphatic carbocycles. The van der Waals surface area contributed by atoms with E-state index in [1.807, 2.05) is 20.8 Å². The normalized spacial score (nSPS) is 11.9. The van der Waals surface area contributed by atoms with Crippen LogP contribution in [0.4, 0.5) is 0 Å². The van der Waals surface area contributed by atoms with Crippen LogP contribution in [-0.4, -0.2) is 12.6 Å². The molecule has 0 aromatic carbocycles. The second-order valence-corrected chi connectivity index (χ2v) is 3.22. The van der Waals surface area contributed by atoms with Crippen molar-refractivity contribution in [2.75, 3.05) is 6.61 Å². The van der Waals surface area contributed by atoms with E-state index in [0.29, 0.717) is 6.61 Å². The molecule has 0 aromatic heterocycles. The summed E-state index contributed by atoms with van der Waals surface area (Å²) in [6, 6.07) is 0. The van der Waals surface area contributed by atoms with Gasteiger partial charge in [0, 0.05) is 0 Å². The van der Waals surface area contributed by atoms with Crippen molar-refractivity contribution in [2.45, 2.75) is 34.1 Å². The molecular formula is C10H18O2. The third-order valence-corrected chi connectivity index (χ3v) is 1.47. The van der Waals surface area contributed by atoms with E-state index in [1.54, 1.807) is 0 Å². The van der Waals surface area contributed by atoms with Crippen molar-refractivity contribution < 1.29 is 9.53 Å². The lowest BCUT2D eigenvalue weighted by molar-refractivity contribution is -0.146. The van der Waals surface area contributed by atoms with E-state index in [4.69, 9.17) is 4.74 Å². The van der Waals surface area contributed by atoms with E-state index in [0.717, 1.165) is 12.0 Å². The van der Waals surface area contributed by atoms with Crippen LogP contribution in [0.25, 0.3) is 0 Å². The Morgan fingerprint density at radius 1 is 1.50 bits per heavy atom. The van der Waals surface area contributed by atoms with E-state index in [-0.39, 0.29) is 11.9 Å². The molecular weight excluding hydrogens is 152 g/mol. The van der Waals surface area contributed by atoms with E-state index in [1.165, 1.54) is 0 Å². The Morgan fingerprint density at radius 2 is 2.08 bits per heavy atom. The van der Waals surface area contributed by atoms with Crippen molar-refractivity contribution in [1.29, 1.82) is 0 Å². The number of rotatable bonds is 4. The second-order valence-electron chi connectivity index (χ2n) is 3.22. The molecule has 0 N–H and O–H groups in total. The summed E-state index contributed by atoms with van der Waals surface area (Å²) in [5, 5.41) is 0. The zero-order valence-electron chi connectivity index (χ0n) is 8.39. The van der Waals surface area contributed by atoms with Gasteiger partial charge in [0.25, 0.3) is 0 Å². The molecule has 0 aromatic rings. The van der Waals surface area contributed by atoms with Crippen molar-refractivity contribution in [2.24, 2.45) is 5.92 Å². The van der Waals surface area contributed by atoms with Gasteiger partial charge in [0.1, 0.15) is 6.61 Å². The van der Waals surface area contributed by atoms with Crippen molar-refractivity contribution >= 4 is 5.97 Å². The number of carbonyl (C=O) groups excluding carboxylic acids is 1. The standard InChI is InChI=1S/C10H18O2/c1-5-6-9(4)7-12-10(11)8(2)3/h6,8H,5,7H2,1-4H3/b9-6+. The van der Waals surface area contributed by atoms with Crippen molar-refractivity contribution in [3.05, 3.63) is 11.6 Å². The van der Waals surface area contributed by atoms with Crippen LogP contribution in [0.5, 0.6) is 0 Å². The van der Waals surface area contributed by atoms with Crippen LogP contribution in [-0.2, 0) is 9.53 Å². The van der Waals surface area contributed by atoms with Gasteiger partial charge in [-0.25, -0.2) is 0 Å². The fourth-order valence-corrected chi connectivity index (χ4v) is 0.759. The summed E-state index contributed by atoms with van der Waals surface area (Å²) in [5.41, 5.74) is 1.12. The van der Waals surface area contributed by atoms with E-state index < -0.39 is 0 Å². The van der Waals surface area contributed by atoms with Crippen LogP contribution in [0.3, 0.4) is 0 Å². The first kappa shape index (κ1) is 11.2. The zero-order valence-corrected chi connectivity index (χ0v) is 8.39. The Balaban J connectivity index is 3.69. The molecule has 0 fully saturated rings. The highest BCUT2D eigenvalue weighted by Crippen LogP contribution is 2.00. The monoisotopic (exact) mass is 170 g/mol. The van der Waals surface area contributed by atoms with Gasteiger partial charge >= 0.3 is 5.97 Å². The Bertz CT molecular complexity index is 169. The van der Waals surface area contributed by atoms with Gasteiger partial charge in [-0.05, 0) is 18.9 Å². The van der Waals surface area contributed by atoms with Crippen LogP contribution in [0, 0.1) is 5.92 Å². The van der Waals surface area contributed by atoms with Crippen molar-refractivity contribution in [1.82, 2.24) is 0 Å². The Kier molecular flexibility index (Phi) is 5.43. The number of hydrogen-bond acceptors (Lipinski definition) is 2. The molecule has 0 atom stereocenters. The summed E-state index contributed by atoms with van der Waals surface area (Å²) in [6.45, 7) is 8.14. The molecule has 0 heterocycles. The minimum Gasteiger partial charge on any atom is -0.461 e. The number of esters is 1. The van der Waals surface area contributed by atoms with Gasteiger partial charge in [-0.2, -0.15) is 0 Å². The molecule has 0 rings (SSSR count). The van der Waals surface area contributed by atoms with Crippen molar-refractivity contribution in [3.63, 3.8) is 0 Å². The second kappa shape index (κ2) is 5.81. The largest absolute Gasteiger partial charge is 0.461 e. The predicted molar refractivity (Wildman–Crippen MR) is 49.8 cm³/mol. The first-order valence-corrected chi connectivity index (χ1v) is 4.40. The molecule has 0 saturated carbocycles. The molecule has 12 heavy (non-hydrogen) atoms. The summed E-state index contributed by atoms with van der Waals surface area (Å²) in [6.07, 6.45) is 3.05. The highest BCUT2D eigenvalue weighted by atomic mass is 16.5. The Labute approximate surface area is 74.6 Å². The Hall–Kier alpha value is -0.790. The van der Waals surface area contributed by atoms with Crippen LogP contribution in [0.1, 0.15) is 34.1 Å². The molecule has 0 aliphatic heterocycles. The van der Waals surface area contributed by atoms with Gasteiger partial charge in [-0.3, -0.25) is 4.79 Å². The van der Waals surface area contributed by atoms with E-state index in [2.05, 4.69) is 13.0 Å². The van der Waals surface area contributed by atoms with Crippen LogP contribution in [0.15, 0.2) is 11.6 Å². The number of carbonyl (C=O) groups is 1. The predicted octanol–water partition coefficient (Wildman–Crippen LogP) is 2.54. The Morgan fingerprint density at radius 3 is 2.50 bits per heavy atom. The zero-order chi connectivity index (χ0) is 9.56. The first-order chi connectivity index (χ1) is 5.57. The van der Waals surface area contributed by atoms with Crippen LogP contribution < -0.4 is 0 Å². The third kappa shape index (κ3) is 4.94. The van der Waals surface area contributed by atoms with E-state index >= 15 is 0 Å². The lowest BCUT2D eigenvalue weighted by atomic mass is 10.2. The summed E-state index contributed by atoms with van der Waals surface area (Å²) in [7, 11) is 0. The molecule has 0 amide bonds. The van der Waals surface area contributed by atoms with Gasteiger partial charge in [-0.15, -0.1) is 0 Å². The van der Waals surface area contributed by atoms with Gasteiger partial charge in [-0.1, -0.05) is 26.8 Å². The summed E-state index contributed by atoms with van der Waals surface area (Å²) in [4.78, 5) is 11.0. The highest BCUT2D eigenvalue weighted by molar-refractivity contribution is 5.71. The minimum absolute atomic E-state index is 0.0283. The van der Waals surface area contributed by atoms with Crippen LogP contribution in [0.2, 0.25) is 0 Å². The summed E-state index contributed by atoms with van der Waals surface area (Å²) in [5.74, 6) is -0.154. The van der Waals surface area contributed by atoms with Gasteiger partial charge in [0.2, 0.25) is 0 Å². The van der Waals surface area contributed by atoms with Crippen molar-refractivity contribution in [3.8, 4) is 0 Å².